The van der Waals surface area contributed by atoms with E-state index in [1.807, 2.05) is 12.1 Å². The third-order valence-electron chi connectivity index (χ3n) is 4.17. The molecule has 0 saturated carbocycles. The second-order valence-electron chi connectivity index (χ2n) is 5.63. The third-order valence-corrected chi connectivity index (χ3v) is 4.48. The number of nitrogens with zero attached hydrogens (tertiary/aromatic N) is 2. The number of nitrogens with one attached hydrogen (secondary N) is 1. The van der Waals surface area contributed by atoms with Gasteiger partial charge >= 0.3 is 0 Å². The molecule has 1 aromatic heterocycles. The molecule has 102 valence electrons. The Morgan fingerprint density at radius 1 is 1.47 bits per heavy atom. The molecule has 1 N–H and O–H groups in total. The van der Waals surface area contributed by atoms with Crippen molar-refractivity contribution in [1.29, 1.82) is 0 Å². The molecule has 3 nitrogen and oxygen atoms in total. The zero-order valence-electron chi connectivity index (χ0n) is 11.5. The van der Waals surface area contributed by atoms with E-state index >= 15 is 0 Å². The van der Waals surface area contributed by atoms with Gasteiger partial charge in [0.05, 0.1) is 16.1 Å². The van der Waals surface area contributed by atoms with E-state index in [0.29, 0.717) is 0 Å². The monoisotopic (exact) mass is 277 g/mol. The Morgan fingerprint density at radius 2 is 2.32 bits per heavy atom. The van der Waals surface area contributed by atoms with Crippen molar-refractivity contribution >= 4 is 22.6 Å². The smallest absolute Gasteiger partial charge is 0.117 e. The minimum atomic E-state index is 0.108. The standard InChI is InChI=1S/C15H20ClN3/c1-3-19-13-11(16)6-4-7-12(13)18-14(19)15(2)8-5-9-17-10-15/h4,6-7,17H,3,5,8-10H2,1-2H3. The van der Waals surface area contributed by atoms with Crippen molar-refractivity contribution in [2.24, 2.45) is 0 Å². The van der Waals surface area contributed by atoms with E-state index < -0.39 is 0 Å². The van der Waals surface area contributed by atoms with E-state index in [-0.39, 0.29) is 5.41 Å². The highest BCUT2D eigenvalue weighted by Gasteiger charge is 2.34. The van der Waals surface area contributed by atoms with Crippen LogP contribution in [0, 0.1) is 0 Å². The van der Waals surface area contributed by atoms with Crippen LogP contribution in [0.15, 0.2) is 18.2 Å². The number of halogens is 1. The maximum Gasteiger partial charge on any atom is 0.117 e. The van der Waals surface area contributed by atoms with Gasteiger partial charge in [-0.2, -0.15) is 0 Å². The molecular weight excluding hydrogens is 258 g/mol. The number of aryl methyl sites for hydroxylation is 1. The molecule has 2 aromatic rings. The van der Waals surface area contributed by atoms with Crippen LogP contribution >= 0.6 is 11.6 Å². The van der Waals surface area contributed by atoms with Crippen LogP contribution in [-0.2, 0) is 12.0 Å². The normalized spacial score (nSPS) is 23.9. The van der Waals surface area contributed by atoms with Gasteiger partial charge in [0, 0.05) is 18.5 Å². The average Bonchev–Trinajstić information content (AvgIpc) is 2.80. The lowest BCUT2D eigenvalue weighted by Gasteiger charge is -2.33. The molecular formula is C15H20ClN3. The van der Waals surface area contributed by atoms with Crippen molar-refractivity contribution in [3.05, 3.63) is 29.0 Å². The molecule has 0 radical (unpaired) electrons. The second-order valence-corrected chi connectivity index (χ2v) is 6.04. The van der Waals surface area contributed by atoms with Gasteiger partial charge in [-0.15, -0.1) is 0 Å². The van der Waals surface area contributed by atoms with Gasteiger partial charge in [0.25, 0.3) is 0 Å². The SMILES string of the molecule is CCn1c(C2(C)CCCNC2)nc2cccc(Cl)c21. The summed E-state index contributed by atoms with van der Waals surface area (Å²) in [6.45, 7) is 7.48. The lowest BCUT2D eigenvalue weighted by molar-refractivity contribution is 0.315. The fourth-order valence-corrected chi connectivity index (χ4v) is 3.43. The van der Waals surface area contributed by atoms with E-state index in [4.69, 9.17) is 16.6 Å². The minimum absolute atomic E-state index is 0.108. The van der Waals surface area contributed by atoms with Gasteiger partial charge in [-0.25, -0.2) is 4.98 Å². The van der Waals surface area contributed by atoms with Crippen LogP contribution in [0.5, 0.6) is 0 Å². The lowest BCUT2D eigenvalue weighted by Crippen LogP contribution is -2.42. The van der Waals surface area contributed by atoms with E-state index in [1.54, 1.807) is 0 Å². The predicted molar refractivity (Wildman–Crippen MR) is 79.9 cm³/mol. The number of imidazole rings is 1. The summed E-state index contributed by atoms with van der Waals surface area (Å²) >= 11 is 6.36. The van der Waals surface area contributed by atoms with Gasteiger partial charge < -0.3 is 9.88 Å². The summed E-state index contributed by atoms with van der Waals surface area (Å²) in [5.41, 5.74) is 2.20. The molecule has 1 fully saturated rings. The van der Waals surface area contributed by atoms with Crippen molar-refractivity contribution < 1.29 is 0 Å². The zero-order chi connectivity index (χ0) is 13.5. The topological polar surface area (TPSA) is 29.9 Å². The fraction of sp³-hybridized carbons (Fsp3) is 0.533. The summed E-state index contributed by atoms with van der Waals surface area (Å²) in [7, 11) is 0. The van der Waals surface area contributed by atoms with Crippen molar-refractivity contribution in [3.63, 3.8) is 0 Å². The number of aromatic nitrogens is 2. The maximum atomic E-state index is 6.36. The summed E-state index contributed by atoms with van der Waals surface area (Å²) in [5.74, 6) is 1.17. The largest absolute Gasteiger partial charge is 0.327 e. The van der Waals surface area contributed by atoms with Crippen molar-refractivity contribution in [3.8, 4) is 0 Å². The Balaban J connectivity index is 2.20. The summed E-state index contributed by atoms with van der Waals surface area (Å²) < 4.78 is 2.28. The summed E-state index contributed by atoms with van der Waals surface area (Å²) in [5, 5.41) is 4.29. The molecule has 1 aromatic carbocycles. The number of hydrogen-bond donors (Lipinski definition) is 1. The second kappa shape index (κ2) is 4.80. The van der Waals surface area contributed by atoms with Crippen LogP contribution in [0.3, 0.4) is 0 Å². The number of piperidine rings is 1. The molecule has 19 heavy (non-hydrogen) atoms. The Hall–Kier alpha value is -1.06. The maximum absolute atomic E-state index is 6.36. The summed E-state index contributed by atoms with van der Waals surface area (Å²) in [6.07, 6.45) is 2.39. The van der Waals surface area contributed by atoms with Gasteiger partial charge in [-0.3, -0.25) is 0 Å². The van der Waals surface area contributed by atoms with Gasteiger partial charge in [-0.1, -0.05) is 24.6 Å². The van der Waals surface area contributed by atoms with Crippen LogP contribution in [0.25, 0.3) is 11.0 Å². The van der Waals surface area contributed by atoms with E-state index in [1.165, 1.54) is 18.7 Å². The van der Waals surface area contributed by atoms with Crippen LogP contribution in [0.2, 0.25) is 5.02 Å². The van der Waals surface area contributed by atoms with Crippen molar-refractivity contribution in [2.75, 3.05) is 13.1 Å². The minimum Gasteiger partial charge on any atom is -0.327 e. The molecule has 1 saturated heterocycles. The summed E-state index contributed by atoms with van der Waals surface area (Å²) in [4.78, 5) is 4.88. The first-order chi connectivity index (χ1) is 9.15. The highest BCUT2D eigenvalue weighted by Crippen LogP contribution is 2.34. The van der Waals surface area contributed by atoms with Gasteiger partial charge in [0.15, 0.2) is 0 Å². The number of rotatable bonds is 2. The Morgan fingerprint density at radius 3 is 3.00 bits per heavy atom. The van der Waals surface area contributed by atoms with Gasteiger partial charge in [0.2, 0.25) is 0 Å². The Bertz CT molecular complexity index is 597. The van der Waals surface area contributed by atoms with Crippen LogP contribution in [-0.4, -0.2) is 22.6 Å². The number of benzene rings is 1. The fourth-order valence-electron chi connectivity index (χ4n) is 3.16. The molecule has 1 atom stereocenters. The van der Waals surface area contributed by atoms with Crippen LogP contribution in [0.1, 0.15) is 32.5 Å². The molecule has 1 aliphatic rings. The highest BCUT2D eigenvalue weighted by molar-refractivity contribution is 6.35. The van der Waals surface area contributed by atoms with Crippen LogP contribution < -0.4 is 5.32 Å². The van der Waals surface area contributed by atoms with Crippen molar-refractivity contribution in [2.45, 2.75) is 38.6 Å². The zero-order valence-corrected chi connectivity index (χ0v) is 12.3. The Kier molecular flexibility index (Phi) is 3.27. The molecule has 4 heteroatoms. The molecule has 0 spiro atoms. The first kappa shape index (κ1) is 12.9. The number of hydrogen-bond acceptors (Lipinski definition) is 2. The van der Waals surface area contributed by atoms with E-state index in [2.05, 4.69) is 29.8 Å². The number of para-hydroxylation sites is 1. The molecule has 1 aliphatic heterocycles. The lowest BCUT2D eigenvalue weighted by atomic mass is 9.82. The molecule has 1 unspecified atom stereocenters. The Labute approximate surface area is 119 Å². The van der Waals surface area contributed by atoms with Crippen molar-refractivity contribution in [1.82, 2.24) is 14.9 Å². The molecule has 0 amide bonds. The molecule has 0 bridgehead atoms. The molecule has 3 rings (SSSR count). The van der Waals surface area contributed by atoms with E-state index in [9.17, 15) is 0 Å². The van der Waals surface area contributed by atoms with E-state index in [0.717, 1.165) is 35.7 Å². The predicted octanol–water partition coefficient (Wildman–Crippen LogP) is 3.35. The summed E-state index contributed by atoms with van der Waals surface area (Å²) in [6, 6.07) is 5.97. The van der Waals surface area contributed by atoms with Crippen LogP contribution in [0.4, 0.5) is 0 Å². The number of fused-ring (bicyclic) bond motifs is 1. The average molecular weight is 278 g/mol. The first-order valence-electron chi connectivity index (χ1n) is 7.01. The molecule has 2 heterocycles. The first-order valence-corrected chi connectivity index (χ1v) is 7.39. The van der Waals surface area contributed by atoms with Gasteiger partial charge in [-0.05, 0) is 38.4 Å². The molecule has 0 aliphatic carbocycles. The highest BCUT2D eigenvalue weighted by atomic mass is 35.5. The third kappa shape index (κ3) is 2.05. The quantitative estimate of drug-likeness (QED) is 0.912. The van der Waals surface area contributed by atoms with Gasteiger partial charge in [0.1, 0.15) is 5.82 Å².